The molecular formula is C21H19ClF3N3O3. The van der Waals surface area contributed by atoms with Gasteiger partial charge in [-0.1, -0.05) is 11.6 Å². The molecule has 0 unspecified atom stereocenters. The molecule has 164 valence electrons. The van der Waals surface area contributed by atoms with Gasteiger partial charge in [0.2, 0.25) is 0 Å². The molecule has 3 aromatic rings. The third-order valence-corrected chi connectivity index (χ3v) is 5.06. The van der Waals surface area contributed by atoms with Gasteiger partial charge in [0.25, 0.3) is 5.56 Å². The number of rotatable bonds is 3. The molecule has 0 aliphatic heterocycles. The van der Waals surface area contributed by atoms with Crippen molar-refractivity contribution in [3.05, 3.63) is 69.0 Å². The second-order valence-electron chi connectivity index (χ2n) is 7.99. The van der Waals surface area contributed by atoms with Gasteiger partial charge in [-0.15, -0.1) is 0 Å². The predicted octanol–water partition coefficient (Wildman–Crippen LogP) is 5.30. The molecule has 0 saturated heterocycles. The van der Waals surface area contributed by atoms with Crippen LogP contribution in [0.15, 0.2) is 35.1 Å². The van der Waals surface area contributed by atoms with Crippen LogP contribution in [0.25, 0.3) is 16.6 Å². The van der Waals surface area contributed by atoms with Gasteiger partial charge in [0.15, 0.2) is 0 Å². The zero-order valence-corrected chi connectivity index (χ0v) is 17.8. The molecule has 1 aromatic heterocycles. The number of halogens is 4. The standard InChI is InChI=1S/C21H19ClF3N3O3/c1-10(28(20(30)31)21(2,3)4)18-26-17-15(25)6-5-14(22)16(17)19(29)27(18)13-8-11(23)7-12(24)9-13/h5-10H,1-4H3,(H,30,31)/t10-/m0/s1. The maximum absolute atomic E-state index is 14.5. The fourth-order valence-corrected chi connectivity index (χ4v) is 3.81. The van der Waals surface area contributed by atoms with Crippen molar-refractivity contribution in [2.24, 2.45) is 0 Å². The molecule has 1 atom stereocenters. The minimum atomic E-state index is -1.32. The smallest absolute Gasteiger partial charge is 0.408 e. The normalized spacial score (nSPS) is 12.8. The summed E-state index contributed by atoms with van der Waals surface area (Å²) in [6.07, 6.45) is -1.32. The van der Waals surface area contributed by atoms with Crippen LogP contribution in [0.4, 0.5) is 18.0 Å². The summed E-state index contributed by atoms with van der Waals surface area (Å²) in [7, 11) is 0. The zero-order chi connectivity index (χ0) is 23.2. The third-order valence-electron chi connectivity index (χ3n) is 4.75. The van der Waals surface area contributed by atoms with Gasteiger partial charge in [0.1, 0.15) is 28.8 Å². The lowest BCUT2D eigenvalue weighted by atomic mass is 10.0. The maximum atomic E-state index is 14.5. The Balaban J connectivity index is 2.48. The Morgan fingerprint density at radius 2 is 1.74 bits per heavy atom. The Morgan fingerprint density at radius 1 is 1.16 bits per heavy atom. The van der Waals surface area contributed by atoms with E-state index in [0.29, 0.717) is 6.07 Å². The van der Waals surface area contributed by atoms with E-state index in [1.807, 2.05) is 0 Å². The average molecular weight is 454 g/mol. The number of amides is 1. The van der Waals surface area contributed by atoms with Crippen LogP contribution in [-0.2, 0) is 0 Å². The van der Waals surface area contributed by atoms with Crippen molar-refractivity contribution in [2.75, 3.05) is 0 Å². The van der Waals surface area contributed by atoms with Gasteiger partial charge in [-0.2, -0.15) is 0 Å². The van der Waals surface area contributed by atoms with E-state index in [9.17, 15) is 27.9 Å². The van der Waals surface area contributed by atoms with E-state index in [-0.39, 0.29) is 27.4 Å². The molecule has 0 saturated carbocycles. The minimum absolute atomic E-state index is 0.107. The molecule has 0 fully saturated rings. The molecule has 2 aromatic carbocycles. The highest BCUT2D eigenvalue weighted by Crippen LogP contribution is 2.31. The van der Waals surface area contributed by atoms with Crippen LogP contribution >= 0.6 is 11.6 Å². The molecule has 0 bridgehead atoms. The van der Waals surface area contributed by atoms with Crippen LogP contribution in [0.1, 0.15) is 39.6 Å². The second-order valence-corrected chi connectivity index (χ2v) is 8.40. The molecule has 10 heteroatoms. The summed E-state index contributed by atoms with van der Waals surface area (Å²) >= 11 is 6.10. The Morgan fingerprint density at radius 3 is 2.26 bits per heavy atom. The Kier molecular flexibility index (Phi) is 5.75. The number of carbonyl (C=O) groups is 1. The molecule has 1 heterocycles. The number of nitrogens with zero attached hydrogens (tertiary/aromatic N) is 3. The van der Waals surface area contributed by atoms with E-state index in [4.69, 9.17) is 11.6 Å². The first kappa shape index (κ1) is 22.6. The van der Waals surface area contributed by atoms with Gasteiger partial charge in [0.05, 0.1) is 22.1 Å². The van der Waals surface area contributed by atoms with E-state index in [0.717, 1.165) is 27.7 Å². The number of hydrogen-bond donors (Lipinski definition) is 1. The van der Waals surface area contributed by atoms with Crippen molar-refractivity contribution >= 4 is 28.6 Å². The first-order chi connectivity index (χ1) is 14.3. The topological polar surface area (TPSA) is 75.4 Å². The maximum Gasteiger partial charge on any atom is 0.408 e. The number of aromatic nitrogens is 2. The molecule has 0 aliphatic carbocycles. The van der Waals surface area contributed by atoms with Crippen molar-refractivity contribution in [1.29, 1.82) is 0 Å². The average Bonchev–Trinajstić information content (AvgIpc) is 2.61. The SMILES string of the molecule is C[C@@H](c1nc2c(F)ccc(Cl)c2c(=O)n1-c1cc(F)cc(F)c1)N(C(=O)O)C(C)(C)C. The fourth-order valence-electron chi connectivity index (χ4n) is 3.58. The predicted molar refractivity (Wildman–Crippen MR) is 110 cm³/mol. The summed E-state index contributed by atoms with van der Waals surface area (Å²) in [4.78, 5) is 30.5. The van der Waals surface area contributed by atoms with Crippen LogP contribution in [0.5, 0.6) is 0 Å². The van der Waals surface area contributed by atoms with Gasteiger partial charge in [-0.3, -0.25) is 14.3 Å². The molecule has 1 N–H and O–H groups in total. The molecule has 3 rings (SSSR count). The van der Waals surface area contributed by atoms with Crippen LogP contribution in [-0.4, -0.2) is 31.2 Å². The van der Waals surface area contributed by atoms with Crippen molar-refractivity contribution in [2.45, 2.75) is 39.3 Å². The first-order valence-corrected chi connectivity index (χ1v) is 9.60. The highest BCUT2D eigenvalue weighted by Gasteiger charge is 2.35. The van der Waals surface area contributed by atoms with Gasteiger partial charge in [-0.05, 0) is 52.0 Å². The quantitative estimate of drug-likeness (QED) is 0.584. The summed E-state index contributed by atoms with van der Waals surface area (Å²) in [5.41, 5.74) is -2.44. The Hall–Kier alpha value is -3.07. The van der Waals surface area contributed by atoms with E-state index >= 15 is 0 Å². The van der Waals surface area contributed by atoms with Crippen molar-refractivity contribution in [3.8, 4) is 5.69 Å². The lowest BCUT2D eigenvalue weighted by molar-refractivity contribution is 0.0719. The molecule has 0 radical (unpaired) electrons. The second kappa shape index (κ2) is 7.88. The van der Waals surface area contributed by atoms with E-state index in [2.05, 4.69) is 4.98 Å². The highest BCUT2D eigenvalue weighted by atomic mass is 35.5. The van der Waals surface area contributed by atoms with Crippen LogP contribution < -0.4 is 5.56 Å². The van der Waals surface area contributed by atoms with E-state index in [1.165, 1.54) is 13.0 Å². The Bertz CT molecular complexity index is 1230. The van der Waals surface area contributed by atoms with Crippen LogP contribution in [0.3, 0.4) is 0 Å². The molecular weight excluding hydrogens is 435 g/mol. The van der Waals surface area contributed by atoms with Crippen LogP contribution in [0, 0.1) is 17.5 Å². The summed E-state index contributed by atoms with van der Waals surface area (Å²) in [6.45, 7) is 6.32. The van der Waals surface area contributed by atoms with Crippen LogP contribution in [0.2, 0.25) is 5.02 Å². The lowest BCUT2D eigenvalue weighted by Crippen LogP contribution is -2.47. The number of fused-ring (bicyclic) bond motifs is 1. The highest BCUT2D eigenvalue weighted by molar-refractivity contribution is 6.35. The number of carboxylic acid groups (broad SMARTS) is 1. The fraction of sp³-hybridized carbons (Fsp3) is 0.286. The number of hydrogen-bond acceptors (Lipinski definition) is 3. The molecule has 1 amide bonds. The van der Waals surface area contributed by atoms with Crippen molar-refractivity contribution in [1.82, 2.24) is 14.5 Å². The lowest BCUT2D eigenvalue weighted by Gasteiger charge is -2.38. The third kappa shape index (κ3) is 4.10. The van der Waals surface area contributed by atoms with Gasteiger partial charge in [0, 0.05) is 11.6 Å². The molecule has 0 aliphatic rings. The van der Waals surface area contributed by atoms with Crippen molar-refractivity contribution in [3.63, 3.8) is 0 Å². The minimum Gasteiger partial charge on any atom is -0.465 e. The monoisotopic (exact) mass is 453 g/mol. The van der Waals surface area contributed by atoms with Crippen molar-refractivity contribution < 1.29 is 23.1 Å². The molecule has 31 heavy (non-hydrogen) atoms. The largest absolute Gasteiger partial charge is 0.465 e. The molecule has 6 nitrogen and oxygen atoms in total. The summed E-state index contributed by atoms with van der Waals surface area (Å²) in [5, 5.41) is 9.37. The summed E-state index contributed by atoms with van der Waals surface area (Å²) in [5.74, 6) is -2.99. The van der Waals surface area contributed by atoms with E-state index < -0.39 is 40.7 Å². The summed E-state index contributed by atoms with van der Waals surface area (Å²) in [6, 6.07) is 3.50. The Labute approximate surface area is 180 Å². The van der Waals surface area contributed by atoms with Gasteiger partial charge < -0.3 is 5.11 Å². The number of benzene rings is 2. The zero-order valence-electron chi connectivity index (χ0n) is 17.1. The first-order valence-electron chi connectivity index (χ1n) is 9.22. The van der Waals surface area contributed by atoms with Gasteiger partial charge >= 0.3 is 6.09 Å². The molecule has 0 spiro atoms. The van der Waals surface area contributed by atoms with Gasteiger partial charge in [-0.25, -0.2) is 22.9 Å². The summed E-state index contributed by atoms with van der Waals surface area (Å²) < 4.78 is 43.3. The van der Waals surface area contributed by atoms with E-state index in [1.54, 1.807) is 20.8 Å².